The van der Waals surface area contributed by atoms with Gasteiger partial charge in [0.1, 0.15) is 0 Å². The van der Waals surface area contributed by atoms with Crippen molar-refractivity contribution >= 4 is 11.7 Å². The highest BCUT2D eigenvalue weighted by molar-refractivity contribution is 5.95. The molecule has 1 heterocycles. The van der Waals surface area contributed by atoms with Gasteiger partial charge in [0.2, 0.25) is 0 Å². The number of anilines is 1. The molecule has 0 fully saturated rings. The number of hydrogen-bond acceptors (Lipinski definition) is 3. The Morgan fingerprint density at radius 3 is 2.55 bits per heavy atom. The minimum Gasteiger partial charge on any atom is -0.478 e. The van der Waals surface area contributed by atoms with Gasteiger partial charge in [0, 0.05) is 11.9 Å². The van der Waals surface area contributed by atoms with Crippen LogP contribution < -0.4 is 5.73 Å². The molecule has 0 saturated carbocycles. The Morgan fingerprint density at radius 2 is 2.05 bits per heavy atom. The summed E-state index contributed by atoms with van der Waals surface area (Å²) in [5, 5.41) is 12.4. The van der Waals surface area contributed by atoms with E-state index in [1.54, 1.807) is 6.92 Å². The van der Waals surface area contributed by atoms with Crippen molar-refractivity contribution in [3.8, 4) is 5.69 Å². The molecule has 0 saturated heterocycles. The number of carboxylic acids is 1. The first-order valence-electron chi connectivity index (χ1n) is 5.47. The molecule has 1 aromatic carbocycles. The molecule has 1 aromatic heterocycles. The maximum absolute atomic E-state index is 12.5. The summed E-state index contributed by atoms with van der Waals surface area (Å²) in [5.74, 6) is -1.25. The van der Waals surface area contributed by atoms with Gasteiger partial charge in [0.15, 0.2) is 5.69 Å². The van der Waals surface area contributed by atoms with Crippen LogP contribution in [-0.2, 0) is 6.18 Å². The van der Waals surface area contributed by atoms with Gasteiger partial charge in [-0.05, 0) is 30.7 Å². The average molecular weight is 285 g/mol. The van der Waals surface area contributed by atoms with E-state index in [4.69, 9.17) is 10.8 Å². The highest BCUT2D eigenvalue weighted by atomic mass is 19.4. The van der Waals surface area contributed by atoms with E-state index in [0.717, 1.165) is 16.9 Å². The first-order chi connectivity index (χ1) is 9.20. The van der Waals surface area contributed by atoms with E-state index in [1.165, 1.54) is 12.1 Å². The number of aryl methyl sites for hydroxylation is 1. The smallest absolute Gasteiger partial charge is 0.435 e. The molecule has 0 unspecified atom stereocenters. The van der Waals surface area contributed by atoms with Crippen LogP contribution in [0.3, 0.4) is 0 Å². The maximum Gasteiger partial charge on any atom is 0.435 e. The summed E-state index contributed by atoms with van der Waals surface area (Å²) in [4.78, 5) is 11.0. The molecule has 5 nitrogen and oxygen atoms in total. The number of nitrogen functional groups attached to an aromatic ring is 1. The SMILES string of the molecule is Cc1cc(-n2ccc(C(F)(F)F)n2)cc(C(=O)O)c1N. The van der Waals surface area contributed by atoms with Crippen LogP contribution >= 0.6 is 0 Å². The molecule has 0 radical (unpaired) electrons. The Bertz CT molecular complexity index is 677. The van der Waals surface area contributed by atoms with Crippen molar-refractivity contribution in [1.82, 2.24) is 9.78 Å². The van der Waals surface area contributed by atoms with Crippen LogP contribution in [0.1, 0.15) is 21.6 Å². The van der Waals surface area contributed by atoms with Gasteiger partial charge in [-0.1, -0.05) is 0 Å². The van der Waals surface area contributed by atoms with Gasteiger partial charge in [-0.25, -0.2) is 9.48 Å². The summed E-state index contributed by atoms with van der Waals surface area (Å²) in [5.41, 5.74) is 5.11. The van der Waals surface area contributed by atoms with Crippen molar-refractivity contribution in [2.45, 2.75) is 13.1 Å². The molecule has 0 aliphatic rings. The molecule has 106 valence electrons. The number of nitrogens with two attached hydrogens (primary N) is 1. The van der Waals surface area contributed by atoms with E-state index in [-0.39, 0.29) is 16.9 Å². The number of benzene rings is 1. The van der Waals surface area contributed by atoms with Gasteiger partial charge in [-0.3, -0.25) is 0 Å². The van der Waals surface area contributed by atoms with Gasteiger partial charge in [0.25, 0.3) is 0 Å². The van der Waals surface area contributed by atoms with Gasteiger partial charge in [0.05, 0.1) is 11.3 Å². The molecule has 0 aliphatic heterocycles. The van der Waals surface area contributed by atoms with Crippen molar-refractivity contribution in [1.29, 1.82) is 0 Å². The van der Waals surface area contributed by atoms with E-state index >= 15 is 0 Å². The third-order valence-electron chi connectivity index (χ3n) is 2.75. The lowest BCUT2D eigenvalue weighted by Gasteiger charge is -2.09. The standard InChI is InChI=1S/C12H10F3N3O2/c1-6-4-7(5-8(10(6)16)11(19)20)18-3-2-9(17-18)12(13,14)15/h2-5H,16H2,1H3,(H,19,20). The lowest BCUT2D eigenvalue weighted by atomic mass is 10.1. The Balaban J connectivity index is 2.53. The molecule has 0 bridgehead atoms. The summed E-state index contributed by atoms with van der Waals surface area (Å²) < 4.78 is 38.4. The molecule has 0 aliphatic carbocycles. The van der Waals surface area contributed by atoms with Gasteiger partial charge < -0.3 is 10.8 Å². The van der Waals surface area contributed by atoms with E-state index in [9.17, 15) is 18.0 Å². The Labute approximate surface area is 111 Å². The quantitative estimate of drug-likeness (QED) is 0.830. The number of carboxylic acid groups (broad SMARTS) is 1. The number of nitrogens with zero attached hydrogens (tertiary/aromatic N) is 2. The predicted octanol–water partition coefficient (Wildman–Crippen LogP) is 2.48. The van der Waals surface area contributed by atoms with Gasteiger partial charge in [-0.15, -0.1) is 0 Å². The second-order valence-electron chi connectivity index (χ2n) is 4.17. The third-order valence-corrected chi connectivity index (χ3v) is 2.75. The highest BCUT2D eigenvalue weighted by Gasteiger charge is 2.33. The lowest BCUT2D eigenvalue weighted by Crippen LogP contribution is -2.09. The van der Waals surface area contributed by atoms with Crippen molar-refractivity contribution in [3.63, 3.8) is 0 Å². The van der Waals surface area contributed by atoms with Crippen LogP contribution in [-0.4, -0.2) is 20.9 Å². The van der Waals surface area contributed by atoms with Gasteiger partial charge >= 0.3 is 12.1 Å². The van der Waals surface area contributed by atoms with Crippen molar-refractivity contribution in [2.75, 3.05) is 5.73 Å². The monoisotopic (exact) mass is 285 g/mol. The summed E-state index contributed by atoms with van der Waals surface area (Å²) in [6.07, 6.45) is -3.44. The molecule has 3 N–H and O–H groups in total. The molecule has 2 rings (SSSR count). The minimum absolute atomic E-state index is 0.0736. The number of hydrogen-bond donors (Lipinski definition) is 2. The maximum atomic E-state index is 12.5. The van der Waals surface area contributed by atoms with Crippen LogP contribution in [0.5, 0.6) is 0 Å². The fraction of sp³-hybridized carbons (Fsp3) is 0.167. The molecule has 0 atom stereocenters. The summed E-state index contributed by atoms with van der Waals surface area (Å²) in [6, 6.07) is 3.46. The molecular weight excluding hydrogens is 275 g/mol. The number of carbonyl (C=O) groups is 1. The van der Waals surface area contributed by atoms with E-state index in [1.807, 2.05) is 0 Å². The Morgan fingerprint density at radius 1 is 1.40 bits per heavy atom. The fourth-order valence-corrected chi connectivity index (χ4v) is 1.71. The van der Waals surface area contributed by atoms with Crippen molar-refractivity contribution in [2.24, 2.45) is 0 Å². The van der Waals surface area contributed by atoms with Crippen molar-refractivity contribution in [3.05, 3.63) is 41.2 Å². The first-order valence-corrected chi connectivity index (χ1v) is 5.47. The molecule has 0 amide bonds. The zero-order valence-electron chi connectivity index (χ0n) is 10.3. The largest absolute Gasteiger partial charge is 0.478 e. The van der Waals surface area contributed by atoms with Crippen LogP contribution in [0, 0.1) is 6.92 Å². The molecule has 2 aromatic rings. The lowest BCUT2D eigenvalue weighted by molar-refractivity contribution is -0.141. The average Bonchev–Trinajstić information content (AvgIpc) is 2.81. The van der Waals surface area contributed by atoms with Crippen LogP contribution in [0.25, 0.3) is 5.69 Å². The number of alkyl halides is 3. The molecule has 0 spiro atoms. The Kier molecular flexibility index (Phi) is 3.16. The normalized spacial score (nSPS) is 11.6. The third kappa shape index (κ3) is 2.44. The van der Waals surface area contributed by atoms with E-state index < -0.39 is 17.8 Å². The summed E-state index contributed by atoms with van der Waals surface area (Å²) in [7, 11) is 0. The number of halogens is 3. The highest BCUT2D eigenvalue weighted by Crippen LogP contribution is 2.28. The number of rotatable bonds is 2. The van der Waals surface area contributed by atoms with E-state index in [0.29, 0.717) is 5.56 Å². The zero-order valence-corrected chi connectivity index (χ0v) is 10.3. The second kappa shape index (κ2) is 4.55. The molecular formula is C12H10F3N3O2. The second-order valence-corrected chi connectivity index (χ2v) is 4.17. The topological polar surface area (TPSA) is 81.1 Å². The Hall–Kier alpha value is -2.51. The van der Waals surface area contributed by atoms with Crippen LogP contribution in [0.4, 0.5) is 18.9 Å². The predicted molar refractivity (Wildman–Crippen MR) is 64.7 cm³/mol. The van der Waals surface area contributed by atoms with Crippen molar-refractivity contribution < 1.29 is 23.1 Å². The minimum atomic E-state index is -4.55. The zero-order chi connectivity index (χ0) is 15.1. The number of aromatic nitrogens is 2. The van der Waals surface area contributed by atoms with Gasteiger partial charge in [-0.2, -0.15) is 18.3 Å². The summed E-state index contributed by atoms with van der Waals surface area (Å²) in [6.45, 7) is 1.57. The first kappa shape index (κ1) is 13.9. The fourth-order valence-electron chi connectivity index (χ4n) is 1.71. The number of aromatic carboxylic acids is 1. The van der Waals surface area contributed by atoms with Crippen LogP contribution in [0.15, 0.2) is 24.4 Å². The summed E-state index contributed by atoms with van der Waals surface area (Å²) >= 11 is 0. The van der Waals surface area contributed by atoms with Crippen LogP contribution in [0.2, 0.25) is 0 Å². The molecule has 20 heavy (non-hydrogen) atoms. The molecule has 8 heteroatoms. The van der Waals surface area contributed by atoms with E-state index in [2.05, 4.69) is 5.10 Å².